The smallest absolute Gasteiger partial charge is 0.456 e. The Kier molecular flexibility index (Phi) is 12.2. The standard InChI is InChI=1S/C44H57NO17/c1-20(2)17-25(45-38(53)61-40(6,7)8)29(49)37(52)57-30-21(3)28-31(56-22(4)46)33(50)42(11)26(48)18-27-43(19-55-27,60-23(5)47)32(42)35(58-36(51)24-15-13-12-14-16-24)44(41(28,9)10)34(30)59-39(54)62-44/h12-16,20-21,25-27,29-30,32,34-35,48-49H,17-19H2,1-11H3,(H,45,53)/t21?,25-,26+,27+,29+,30+,32?,34-,35-,42+,43-,44+/m0/s1. The lowest BCUT2D eigenvalue weighted by atomic mass is 9.44. The molecule has 2 heterocycles. The van der Waals surface area contributed by atoms with Crippen LogP contribution in [0.5, 0.6) is 0 Å². The first-order valence-corrected chi connectivity index (χ1v) is 20.7. The maximum Gasteiger partial charge on any atom is 0.509 e. The van der Waals surface area contributed by atoms with E-state index in [1.165, 1.54) is 26.0 Å². The van der Waals surface area contributed by atoms with Crippen molar-refractivity contribution in [1.82, 2.24) is 5.32 Å². The fourth-order valence-electron chi connectivity index (χ4n) is 10.4. The summed E-state index contributed by atoms with van der Waals surface area (Å²) in [6.07, 6.45) is -12.5. The van der Waals surface area contributed by atoms with Crippen LogP contribution < -0.4 is 5.32 Å². The number of esters is 4. The molecule has 18 nitrogen and oxygen atoms in total. The average molecular weight is 872 g/mol. The van der Waals surface area contributed by atoms with E-state index in [0.29, 0.717) is 0 Å². The fourth-order valence-corrected chi connectivity index (χ4v) is 10.4. The molecule has 2 aliphatic heterocycles. The van der Waals surface area contributed by atoms with Crippen molar-refractivity contribution in [3.8, 4) is 0 Å². The van der Waals surface area contributed by atoms with Gasteiger partial charge in [0.15, 0.2) is 29.7 Å². The molecule has 0 radical (unpaired) electrons. The number of ether oxygens (including phenoxy) is 8. The number of fused-ring (bicyclic) bond motifs is 4. The predicted molar refractivity (Wildman–Crippen MR) is 211 cm³/mol. The zero-order valence-corrected chi connectivity index (χ0v) is 36.8. The minimum absolute atomic E-state index is 0.0261. The molecule has 12 atom stereocenters. The summed E-state index contributed by atoms with van der Waals surface area (Å²) in [4.78, 5) is 97.3. The summed E-state index contributed by atoms with van der Waals surface area (Å²) in [5, 5.41) is 26.3. The molecule has 3 aliphatic carbocycles. The summed E-state index contributed by atoms with van der Waals surface area (Å²) in [7, 11) is 0. The molecular weight excluding hydrogens is 814 g/mol. The van der Waals surface area contributed by atoms with Crippen molar-refractivity contribution >= 4 is 41.9 Å². The molecule has 6 rings (SSSR count). The Labute approximate surface area is 359 Å². The topological polar surface area (TPSA) is 246 Å². The lowest BCUT2D eigenvalue weighted by molar-refractivity contribution is -0.345. The van der Waals surface area contributed by atoms with Gasteiger partial charge in [-0.3, -0.25) is 14.4 Å². The van der Waals surface area contributed by atoms with Crippen LogP contribution in [0.3, 0.4) is 0 Å². The minimum atomic E-state index is -2.36. The van der Waals surface area contributed by atoms with E-state index in [9.17, 15) is 39.0 Å². The van der Waals surface area contributed by atoms with E-state index in [4.69, 9.17) is 37.9 Å². The second kappa shape index (κ2) is 16.2. The van der Waals surface area contributed by atoms with Gasteiger partial charge in [-0.2, -0.15) is 0 Å². The van der Waals surface area contributed by atoms with Crippen molar-refractivity contribution in [1.29, 1.82) is 0 Å². The second-order valence-corrected chi connectivity index (χ2v) is 19.0. The summed E-state index contributed by atoms with van der Waals surface area (Å²) in [6, 6.07) is 6.47. The Balaban J connectivity index is 1.61. The molecule has 1 spiro atoms. The number of nitrogens with one attached hydrogen (secondary N) is 1. The molecule has 3 N–H and O–H groups in total. The normalized spacial score (nSPS) is 34.2. The molecule has 2 unspecified atom stereocenters. The molecular formula is C44H57NO17. The van der Waals surface area contributed by atoms with Gasteiger partial charge >= 0.3 is 36.1 Å². The van der Waals surface area contributed by atoms with Crippen LogP contribution >= 0.6 is 0 Å². The Morgan fingerprint density at radius 3 is 2.18 bits per heavy atom. The number of carbonyl (C=O) groups is 7. The van der Waals surface area contributed by atoms with Gasteiger partial charge in [-0.15, -0.1) is 0 Å². The largest absolute Gasteiger partial charge is 0.509 e. The van der Waals surface area contributed by atoms with Gasteiger partial charge in [0.25, 0.3) is 0 Å². The third-order valence-electron chi connectivity index (χ3n) is 12.9. The highest BCUT2D eigenvalue weighted by molar-refractivity contribution is 6.02. The minimum Gasteiger partial charge on any atom is -0.456 e. The summed E-state index contributed by atoms with van der Waals surface area (Å²) in [5.41, 5.74) is -9.05. The number of carbonyl (C=O) groups excluding carboxylic acids is 7. The van der Waals surface area contributed by atoms with Crippen LogP contribution in [0.25, 0.3) is 0 Å². The molecule has 62 heavy (non-hydrogen) atoms. The maximum absolute atomic E-state index is 15.6. The van der Waals surface area contributed by atoms with Gasteiger partial charge in [-0.1, -0.05) is 52.8 Å². The van der Waals surface area contributed by atoms with Crippen LogP contribution in [0.1, 0.15) is 99.4 Å². The first kappa shape index (κ1) is 46.4. The monoisotopic (exact) mass is 871 g/mol. The number of benzene rings is 1. The van der Waals surface area contributed by atoms with Gasteiger partial charge in [0.1, 0.15) is 17.8 Å². The lowest BCUT2D eigenvalue weighted by Gasteiger charge is -2.67. The molecule has 1 aromatic carbocycles. The van der Waals surface area contributed by atoms with Gasteiger partial charge in [0.2, 0.25) is 11.4 Å². The van der Waals surface area contributed by atoms with Crippen molar-refractivity contribution in [3.05, 3.63) is 47.2 Å². The van der Waals surface area contributed by atoms with Crippen LogP contribution in [0.15, 0.2) is 41.7 Å². The van der Waals surface area contributed by atoms with E-state index >= 15 is 4.79 Å². The van der Waals surface area contributed by atoms with Gasteiger partial charge < -0.3 is 53.4 Å². The third-order valence-corrected chi connectivity index (χ3v) is 12.9. The molecule has 1 aromatic rings. The Bertz CT molecular complexity index is 2040. The predicted octanol–water partition coefficient (Wildman–Crippen LogP) is 3.86. The number of allylic oxidation sites excluding steroid dienone is 1. The number of rotatable bonds is 10. The molecule has 2 saturated heterocycles. The number of aliphatic hydroxyl groups excluding tert-OH is 2. The van der Waals surface area contributed by atoms with E-state index < -0.39 is 130 Å². The second-order valence-electron chi connectivity index (χ2n) is 19.0. The van der Waals surface area contributed by atoms with Crippen LogP contribution in [-0.2, 0) is 57.1 Å². The van der Waals surface area contributed by atoms with Crippen LogP contribution in [0.4, 0.5) is 9.59 Å². The summed E-state index contributed by atoms with van der Waals surface area (Å²) < 4.78 is 48.1. The molecule has 340 valence electrons. The number of alkyl carbamates (subject to hydrolysis) is 1. The van der Waals surface area contributed by atoms with Crippen molar-refractivity contribution in [2.75, 3.05) is 6.61 Å². The summed E-state index contributed by atoms with van der Waals surface area (Å²) in [6.45, 7) is 16.3. The number of Topliss-reactive ketones (excluding diaryl/α,β-unsaturated/α-hetero) is 1. The van der Waals surface area contributed by atoms with Gasteiger partial charge in [0.05, 0.1) is 35.6 Å². The first-order valence-electron chi connectivity index (χ1n) is 20.7. The van der Waals surface area contributed by atoms with Gasteiger partial charge in [-0.25, -0.2) is 19.2 Å². The number of amides is 1. The molecule has 5 aliphatic rings. The maximum atomic E-state index is 15.6. The number of hydrogen-bond acceptors (Lipinski definition) is 17. The Hall–Kier alpha value is -5.07. The van der Waals surface area contributed by atoms with Crippen LogP contribution in [-0.4, -0.2) is 118 Å². The van der Waals surface area contributed by atoms with Gasteiger partial charge in [-0.05, 0) is 57.7 Å². The molecule has 4 fully saturated rings. The van der Waals surface area contributed by atoms with E-state index in [0.717, 1.165) is 13.8 Å². The van der Waals surface area contributed by atoms with E-state index in [2.05, 4.69) is 5.32 Å². The number of hydrogen-bond donors (Lipinski definition) is 3. The van der Waals surface area contributed by atoms with E-state index in [-0.39, 0.29) is 36.5 Å². The summed E-state index contributed by atoms with van der Waals surface area (Å²) >= 11 is 0. The highest BCUT2D eigenvalue weighted by Gasteiger charge is 2.83. The molecule has 18 heteroatoms. The fraction of sp³-hybridized carbons (Fsp3) is 0.659. The summed E-state index contributed by atoms with van der Waals surface area (Å²) in [5.74, 6) is -8.61. The zero-order chi connectivity index (χ0) is 46.1. The van der Waals surface area contributed by atoms with Crippen molar-refractivity contribution in [2.24, 2.45) is 28.6 Å². The zero-order valence-electron chi connectivity index (χ0n) is 36.8. The highest BCUT2D eigenvalue weighted by atomic mass is 16.8. The Morgan fingerprint density at radius 2 is 1.63 bits per heavy atom. The van der Waals surface area contributed by atoms with Gasteiger partial charge in [0, 0.05) is 31.6 Å². The van der Waals surface area contributed by atoms with E-state index in [1.807, 2.05) is 0 Å². The molecule has 2 saturated carbocycles. The highest BCUT2D eigenvalue weighted by Crippen LogP contribution is 2.67. The number of aliphatic hydroxyl groups is 2. The molecule has 1 amide bonds. The molecule has 2 bridgehead atoms. The third kappa shape index (κ3) is 7.61. The first-order chi connectivity index (χ1) is 28.7. The average Bonchev–Trinajstić information content (AvgIpc) is 3.52. The van der Waals surface area contributed by atoms with Crippen LogP contribution in [0, 0.1) is 28.6 Å². The van der Waals surface area contributed by atoms with Crippen LogP contribution in [0.2, 0.25) is 0 Å². The van der Waals surface area contributed by atoms with E-state index in [1.54, 1.807) is 66.7 Å². The number of ketones is 1. The SMILES string of the molecule is CC(=O)OC1=C2C(C)[C@@H](OC(=O)[C@H](O)[C@H](CC(C)C)NC(=O)OC(C)(C)C)[C@@H]3OC(=O)O[C@]3([C@@H](OC(=O)c3ccccc3)C3[C@](C)(C1=O)[C@H](O)C[C@H]1OC[C@@]31OC(C)=O)C2(C)C. The Morgan fingerprint density at radius 1 is 0.984 bits per heavy atom. The van der Waals surface area contributed by atoms with Crippen molar-refractivity contribution in [3.63, 3.8) is 0 Å². The lowest BCUT2D eigenvalue weighted by Crippen LogP contribution is -2.82. The van der Waals surface area contributed by atoms with Crippen molar-refractivity contribution in [2.45, 2.75) is 148 Å². The quantitative estimate of drug-likeness (QED) is 0.223. The molecule has 0 aromatic heterocycles. The van der Waals surface area contributed by atoms with Crippen molar-refractivity contribution < 1.29 is 81.7 Å².